The minimum absolute atomic E-state index is 0.102. The highest BCUT2D eigenvalue weighted by atomic mass is 35.5. The van der Waals surface area contributed by atoms with E-state index in [1.54, 1.807) is 18.2 Å². The van der Waals surface area contributed by atoms with Crippen LogP contribution >= 0.6 is 11.6 Å². The Balaban J connectivity index is 1.60. The van der Waals surface area contributed by atoms with Crippen LogP contribution in [-0.2, 0) is 14.6 Å². The summed E-state index contributed by atoms with van der Waals surface area (Å²) in [6.07, 6.45) is 2.10. The first-order valence-corrected chi connectivity index (χ1v) is 12.4. The van der Waals surface area contributed by atoms with Crippen LogP contribution < -0.4 is 15.4 Å². The zero-order valence-electron chi connectivity index (χ0n) is 16.9. The van der Waals surface area contributed by atoms with Gasteiger partial charge in [-0.05, 0) is 49.9 Å². The smallest absolute Gasteiger partial charge is 0.255 e. The zero-order chi connectivity index (χ0) is 21.6. The van der Waals surface area contributed by atoms with Crippen molar-refractivity contribution >= 4 is 33.3 Å². The first-order chi connectivity index (χ1) is 14.3. The minimum Gasteiger partial charge on any atom is -0.491 e. The van der Waals surface area contributed by atoms with E-state index in [2.05, 4.69) is 10.6 Å². The SMILES string of the molecule is O=C1CN(CCC2CCS(=O)(=O)C2)CCCNC(=O)c2cc(Cl)ccc2OCCN1. The molecule has 1 saturated heterocycles. The van der Waals surface area contributed by atoms with Gasteiger partial charge < -0.3 is 15.4 Å². The molecule has 0 radical (unpaired) electrons. The van der Waals surface area contributed by atoms with Crippen LogP contribution in [0.1, 0.15) is 29.6 Å². The molecule has 2 aliphatic rings. The summed E-state index contributed by atoms with van der Waals surface area (Å²) in [5.74, 6) is 0.723. The molecule has 0 aromatic heterocycles. The average Bonchev–Trinajstić information content (AvgIpc) is 3.05. The number of ether oxygens (including phenoxy) is 1. The molecule has 1 atom stereocenters. The number of fused-ring (bicyclic) bond motifs is 1. The number of hydrogen-bond acceptors (Lipinski definition) is 6. The summed E-state index contributed by atoms with van der Waals surface area (Å²) in [6, 6.07) is 4.87. The normalized spacial score (nSPS) is 23.6. The fourth-order valence-electron chi connectivity index (χ4n) is 3.75. The van der Waals surface area contributed by atoms with Crippen LogP contribution in [-0.4, -0.2) is 76.0 Å². The summed E-state index contributed by atoms with van der Waals surface area (Å²) in [4.78, 5) is 26.9. The molecule has 2 N–H and O–H groups in total. The maximum absolute atomic E-state index is 12.5. The van der Waals surface area contributed by atoms with Crippen molar-refractivity contribution in [1.82, 2.24) is 15.5 Å². The van der Waals surface area contributed by atoms with E-state index in [1.807, 2.05) is 4.90 Å². The van der Waals surface area contributed by atoms with E-state index in [4.69, 9.17) is 16.3 Å². The fourth-order valence-corrected chi connectivity index (χ4v) is 5.83. The molecule has 1 fully saturated rings. The van der Waals surface area contributed by atoms with E-state index in [9.17, 15) is 18.0 Å². The van der Waals surface area contributed by atoms with Crippen LogP contribution in [0.4, 0.5) is 0 Å². The maximum Gasteiger partial charge on any atom is 0.255 e. The largest absolute Gasteiger partial charge is 0.491 e. The average molecular weight is 458 g/mol. The topological polar surface area (TPSA) is 105 Å². The van der Waals surface area contributed by atoms with Crippen LogP contribution in [0.5, 0.6) is 5.75 Å². The number of benzene rings is 1. The van der Waals surface area contributed by atoms with Gasteiger partial charge in [-0.25, -0.2) is 8.42 Å². The van der Waals surface area contributed by atoms with E-state index >= 15 is 0 Å². The van der Waals surface area contributed by atoms with Crippen molar-refractivity contribution < 1.29 is 22.7 Å². The second-order valence-electron chi connectivity index (χ2n) is 7.78. The van der Waals surface area contributed by atoms with Gasteiger partial charge in [0.1, 0.15) is 12.4 Å². The van der Waals surface area contributed by atoms with Crippen molar-refractivity contribution in [3.05, 3.63) is 28.8 Å². The Kier molecular flexibility index (Phi) is 7.96. The van der Waals surface area contributed by atoms with Crippen LogP contribution in [0.3, 0.4) is 0 Å². The number of carbonyl (C=O) groups excluding carboxylic acids is 2. The minimum atomic E-state index is -2.90. The van der Waals surface area contributed by atoms with E-state index in [-0.39, 0.29) is 42.4 Å². The molecule has 8 nitrogen and oxygen atoms in total. The van der Waals surface area contributed by atoms with Gasteiger partial charge in [-0.15, -0.1) is 0 Å². The van der Waals surface area contributed by atoms with E-state index in [0.29, 0.717) is 55.4 Å². The van der Waals surface area contributed by atoms with Crippen molar-refractivity contribution in [2.45, 2.75) is 19.3 Å². The summed E-state index contributed by atoms with van der Waals surface area (Å²) in [5.41, 5.74) is 0.366. The molecule has 2 amide bonds. The molecule has 3 rings (SSSR count). The first kappa shape index (κ1) is 22.8. The van der Waals surface area contributed by atoms with Crippen molar-refractivity contribution in [1.29, 1.82) is 0 Å². The number of amides is 2. The molecule has 1 unspecified atom stereocenters. The Labute approximate surface area is 182 Å². The van der Waals surface area contributed by atoms with Crippen LogP contribution in [0, 0.1) is 5.92 Å². The predicted octanol–water partition coefficient (Wildman–Crippen LogP) is 1.10. The lowest BCUT2D eigenvalue weighted by molar-refractivity contribution is -0.122. The monoisotopic (exact) mass is 457 g/mol. The number of carbonyl (C=O) groups is 2. The third-order valence-electron chi connectivity index (χ3n) is 5.35. The van der Waals surface area contributed by atoms with Crippen LogP contribution in [0.15, 0.2) is 18.2 Å². The van der Waals surface area contributed by atoms with Gasteiger partial charge in [-0.2, -0.15) is 0 Å². The lowest BCUT2D eigenvalue weighted by Crippen LogP contribution is -2.41. The molecule has 1 aromatic rings. The Morgan fingerprint density at radius 2 is 2.03 bits per heavy atom. The molecular formula is C20H28ClN3O5S. The molecule has 1 aromatic carbocycles. The molecule has 0 saturated carbocycles. The van der Waals surface area contributed by atoms with E-state index < -0.39 is 9.84 Å². The molecule has 2 heterocycles. The first-order valence-electron chi connectivity index (χ1n) is 10.2. The second-order valence-corrected chi connectivity index (χ2v) is 10.4. The van der Waals surface area contributed by atoms with E-state index in [1.165, 1.54) is 0 Å². The lowest BCUT2D eigenvalue weighted by Gasteiger charge is -2.23. The highest BCUT2D eigenvalue weighted by molar-refractivity contribution is 7.91. The molecule has 30 heavy (non-hydrogen) atoms. The molecule has 2 aliphatic heterocycles. The molecule has 0 aliphatic carbocycles. The second kappa shape index (κ2) is 10.5. The van der Waals surface area contributed by atoms with Gasteiger partial charge in [0, 0.05) is 18.1 Å². The van der Waals surface area contributed by atoms with Crippen molar-refractivity contribution in [2.75, 3.05) is 50.8 Å². The number of nitrogens with one attached hydrogen (secondary N) is 2. The summed E-state index contributed by atoms with van der Waals surface area (Å²) < 4.78 is 29.0. The standard InChI is InChI=1S/C20H28ClN3O5S/c21-16-2-3-18-17(12-16)20(26)23-6-1-8-24(13-19(25)22-7-10-29-18)9-4-15-5-11-30(27,28)14-15/h2-3,12,15H,1,4-11,13-14H2,(H,22,25)(H,23,26). The molecule has 10 heteroatoms. The Morgan fingerprint density at radius 3 is 2.80 bits per heavy atom. The van der Waals surface area contributed by atoms with Gasteiger partial charge in [0.05, 0.1) is 30.2 Å². The quantitative estimate of drug-likeness (QED) is 0.704. The van der Waals surface area contributed by atoms with Gasteiger partial charge in [0.2, 0.25) is 5.91 Å². The van der Waals surface area contributed by atoms with Crippen molar-refractivity contribution in [3.8, 4) is 5.75 Å². The van der Waals surface area contributed by atoms with Gasteiger partial charge in [-0.3, -0.25) is 14.5 Å². The van der Waals surface area contributed by atoms with Gasteiger partial charge in [0.25, 0.3) is 5.91 Å². The fraction of sp³-hybridized carbons (Fsp3) is 0.600. The zero-order valence-corrected chi connectivity index (χ0v) is 18.4. The summed E-state index contributed by atoms with van der Waals surface area (Å²) >= 11 is 6.02. The number of halogens is 1. The molecule has 0 bridgehead atoms. The third-order valence-corrected chi connectivity index (χ3v) is 7.42. The number of sulfone groups is 1. The number of hydrogen-bond donors (Lipinski definition) is 2. The van der Waals surface area contributed by atoms with Crippen molar-refractivity contribution in [3.63, 3.8) is 0 Å². The van der Waals surface area contributed by atoms with Crippen LogP contribution in [0.2, 0.25) is 5.02 Å². The highest BCUT2D eigenvalue weighted by Crippen LogP contribution is 2.23. The summed E-state index contributed by atoms with van der Waals surface area (Å²) in [7, 11) is -2.90. The van der Waals surface area contributed by atoms with Gasteiger partial charge >= 0.3 is 0 Å². The third kappa shape index (κ3) is 6.85. The predicted molar refractivity (Wildman–Crippen MR) is 115 cm³/mol. The summed E-state index contributed by atoms with van der Waals surface area (Å²) in [5, 5.41) is 6.15. The summed E-state index contributed by atoms with van der Waals surface area (Å²) in [6.45, 7) is 2.51. The molecular weight excluding hydrogens is 430 g/mol. The van der Waals surface area contributed by atoms with Crippen LogP contribution in [0.25, 0.3) is 0 Å². The van der Waals surface area contributed by atoms with Gasteiger partial charge in [0.15, 0.2) is 9.84 Å². The van der Waals surface area contributed by atoms with E-state index in [0.717, 1.165) is 6.42 Å². The van der Waals surface area contributed by atoms with Crippen molar-refractivity contribution in [2.24, 2.45) is 5.92 Å². The Morgan fingerprint density at radius 1 is 1.20 bits per heavy atom. The number of rotatable bonds is 3. The highest BCUT2D eigenvalue weighted by Gasteiger charge is 2.28. The number of nitrogens with zero attached hydrogens (tertiary/aromatic N) is 1. The van der Waals surface area contributed by atoms with Gasteiger partial charge in [-0.1, -0.05) is 11.6 Å². The Hall–Kier alpha value is -1.84. The molecule has 0 spiro atoms. The lowest BCUT2D eigenvalue weighted by atomic mass is 10.1. The molecule has 166 valence electrons. The Bertz CT molecular complexity index is 877. The maximum atomic E-state index is 12.5.